The summed E-state index contributed by atoms with van der Waals surface area (Å²) < 4.78 is 1.42. The van der Waals surface area contributed by atoms with E-state index in [9.17, 15) is 0 Å². The summed E-state index contributed by atoms with van der Waals surface area (Å²) in [5.74, 6) is 0. The Balaban J connectivity index is 3.02. The van der Waals surface area contributed by atoms with E-state index < -0.39 is 0 Å². The van der Waals surface area contributed by atoms with Crippen LogP contribution in [0.3, 0.4) is 0 Å². The molecule has 2 heteroatoms. The third-order valence-electron chi connectivity index (χ3n) is 0.809. The van der Waals surface area contributed by atoms with Gasteiger partial charge in [0, 0.05) is 0 Å². The van der Waals surface area contributed by atoms with E-state index in [1.807, 2.05) is 12.3 Å². The molecule has 0 saturated carbocycles. The van der Waals surface area contributed by atoms with Gasteiger partial charge in [-0.2, -0.15) is 0 Å². The quantitative estimate of drug-likeness (QED) is 0.493. The number of hydrogen-bond acceptors (Lipinski definition) is 1. The molecule has 1 nitrogen and oxygen atoms in total. The predicted molar refractivity (Wildman–Crippen MR) is 33.8 cm³/mol. The van der Waals surface area contributed by atoms with Gasteiger partial charge >= 0.3 is 55.6 Å². The van der Waals surface area contributed by atoms with Crippen LogP contribution < -0.4 is 3.58 Å². The third kappa shape index (κ3) is 1.47. The first-order chi connectivity index (χ1) is 3.39. The molecule has 0 N–H and O–H groups in total. The number of pyridine rings is 1. The van der Waals surface area contributed by atoms with Gasteiger partial charge < -0.3 is 0 Å². The zero-order valence-electron chi connectivity index (χ0n) is 4.26. The Morgan fingerprint density at radius 1 is 1.57 bits per heavy atom. The van der Waals surface area contributed by atoms with Crippen molar-refractivity contribution in [2.75, 3.05) is 0 Å². The fraction of sp³-hybridized carbons (Fsp3) is 0. The summed E-state index contributed by atoms with van der Waals surface area (Å²) in [5.41, 5.74) is 0. The summed E-state index contributed by atoms with van der Waals surface area (Å²) in [6.07, 6.45) is 3.73. The molecule has 0 unspecified atom stereocenters. The normalized spacial score (nSPS) is 9.14. The van der Waals surface area contributed by atoms with Crippen molar-refractivity contribution in [2.24, 2.45) is 0 Å². The maximum absolute atomic E-state index is 3.94. The van der Waals surface area contributed by atoms with Crippen molar-refractivity contribution >= 4 is 26.1 Å². The first-order valence-electron chi connectivity index (χ1n) is 2.26. The molecule has 0 spiro atoms. The van der Waals surface area contributed by atoms with Crippen LogP contribution >= 0.6 is 0 Å². The second-order valence-electron chi connectivity index (χ2n) is 1.53. The van der Waals surface area contributed by atoms with Crippen molar-refractivity contribution in [2.45, 2.75) is 0 Å². The van der Waals surface area contributed by atoms with Gasteiger partial charge in [0.25, 0.3) is 0 Å². The van der Waals surface area contributed by atoms with Crippen LogP contribution in [0.4, 0.5) is 0 Å². The fourth-order valence-electron chi connectivity index (χ4n) is 0.448. The second-order valence-corrected chi connectivity index (χ2v) is 4.83. The molecule has 0 atom stereocenters. The van der Waals surface area contributed by atoms with Gasteiger partial charge in [-0.3, -0.25) is 0 Å². The summed E-state index contributed by atoms with van der Waals surface area (Å²) in [6.45, 7) is 0. The van der Waals surface area contributed by atoms with Gasteiger partial charge in [-0.15, -0.1) is 0 Å². The Bertz CT molecular complexity index is 138. The van der Waals surface area contributed by atoms with Gasteiger partial charge in [0.2, 0.25) is 0 Å². The van der Waals surface area contributed by atoms with Crippen molar-refractivity contribution in [1.29, 1.82) is 0 Å². The van der Waals surface area contributed by atoms with Gasteiger partial charge in [0.15, 0.2) is 0 Å². The van der Waals surface area contributed by atoms with E-state index in [-0.39, 0.29) is 0 Å². The molecule has 1 heterocycles. The van der Waals surface area contributed by atoms with E-state index in [1.165, 1.54) is 3.58 Å². The van der Waals surface area contributed by atoms with Crippen molar-refractivity contribution in [3.05, 3.63) is 24.5 Å². The molecule has 36 valence electrons. The number of hydrogen-bond donors (Lipinski definition) is 0. The van der Waals surface area contributed by atoms with Crippen molar-refractivity contribution in [1.82, 2.24) is 4.98 Å². The van der Waals surface area contributed by atoms with E-state index in [2.05, 4.69) is 11.1 Å². The SMILES string of the molecule is [SnH3][c]1cccnc1. The second kappa shape index (κ2) is 2.31. The molecule has 0 aromatic carbocycles. The Hall–Kier alpha value is -0.0513. The molecular weight excluding hydrogens is 193 g/mol. The van der Waals surface area contributed by atoms with Gasteiger partial charge in [-0.25, -0.2) is 0 Å². The zero-order chi connectivity index (χ0) is 5.11. The molecular formula is C5H7NSn. The van der Waals surface area contributed by atoms with Gasteiger partial charge in [0.05, 0.1) is 0 Å². The molecule has 0 saturated heterocycles. The Kier molecular flexibility index (Phi) is 1.68. The molecule has 0 bridgehead atoms. The van der Waals surface area contributed by atoms with E-state index in [1.54, 1.807) is 6.20 Å². The molecule has 0 aliphatic heterocycles. The molecule has 0 amide bonds. The number of rotatable bonds is 0. The van der Waals surface area contributed by atoms with E-state index in [0.29, 0.717) is 22.5 Å². The summed E-state index contributed by atoms with van der Waals surface area (Å²) >= 11 is 0.646. The summed E-state index contributed by atoms with van der Waals surface area (Å²) in [7, 11) is 0. The average molecular weight is 200 g/mol. The van der Waals surface area contributed by atoms with Crippen LogP contribution in [-0.4, -0.2) is 27.5 Å². The van der Waals surface area contributed by atoms with Crippen molar-refractivity contribution in [3.8, 4) is 0 Å². The molecule has 0 aliphatic rings. The topological polar surface area (TPSA) is 12.9 Å². The standard InChI is InChI=1S/C5H4N.Sn.3H/c1-2-4-6-5-3-1;;;;/h1-2,4-5H;;;;. The van der Waals surface area contributed by atoms with Crippen LogP contribution in [0, 0.1) is 0 Å². The van der Waals surface area contributed by atoms with Crippen LogP contribution in [0.1, 0.15) is 0 Å². The van der Waals surface area contributed by atoms with Gasteiger partial charge in [-0.05, 0) is 0 Å². The summed E-state index contributed by atoms with van der Waals surface area (Å²) in [5, 5.41) is 0. The number of nitrogens with zero attached hydrogens (tertiary/aromatic N) is 1. The van der Waals surface area contributed by atoms with Crippen molar-refractivity contribution in [3.63, 3.8) is 0 Å². The predicted octanol–water partition coefficient (Wildman–Crippen LogP) is -0.928. The minimum atomic E-state index is 0.646. The minimum absolute atomic E-state index is 0.646. The maximum atomic E-state index is 3.94. The van der Waals surface area contributed by atoms with Gasteiger partial charge in [-0.1, -0.05) is 0 Å². The first-order valence-corrected chi connectivity index (χ1v) is 5.11. The molecule has 1 aromatic rings. The van der Waals surface area contributed by atoms with E-state index >= 15 is 0 Å². The van der Waals surface area contributed by atoms with E-state index in [0.717, 1.165) is 0 Å². The monoisotopic (exact) mass is 201 g/mol. The molecule has 1 rings (SSSR count). The fourth-order valence-corrected chi connectivity index (χ4v) is 1.42. The molecule has 7 heavy (non-hydrogen) atoms. The molecule has 0 aliphatic carbocycles. The van der Waals surface area contributed by atoms with Crippen molar-refractivity contribution < 1.29 is 0 Å². The van der Waals surface area contributed by atoms with Crippen LogP contribution in [0.15, 0.2) is 24.5 Å². The summed E-state index contributed by atoms with van der Waals surface area (Å²) in [4.78, 5) is 3.94. The Labute approximate surface area is 55.9 Å². The first kappa shape index (κ1) is 5.09. The summed E-state index contributed by atoms with van der Waals surface area (Å²) in [6, 6.07) is 4.09. The number of aromatic nitrogens is 1. The van der Waals surface area contributed by atoms with Gasteiger partial charge in [0.1, 0.15) is 0 Å². The zero-order valence-corrected chi connectivity index (χ0v) is 9.96. The van der Waals surface area contributed by atoms with Crippen LogP contribution in [0.5, 0.6) is 0 Å². The van der Waals surface area contributed by atoms with Crippen LogP contribution in [-0.2, 0) is 0 Å². The Morgan fingerprint density at radius 3 is 2.71 bits per heavy atom. The molecule has 0 fully saturated rings. The Morgan fingerprint density at radius 2 is 2.43 bits per heavy atom. The van der Waals surface area contributed by atoms with E-state index in [4.69, 9.17) is 0 Å². The average Bonchev–Trinajstić information content (AvgIpc) is 1.69. The third-order valence-corrected chi connectivity index (χ3v) is 2.50. The molecule has 1 aromatic heterocycles. The van der Waals surface area contributed by atoms with Crippen LogP contribution in [0.25, 0.3) is 0 Å². The molecule has 0 radical (unpaired) electrons. The van der Waals surface area contributed by atoms with Crippen LogP contribution in [0.2, 0.25) is 0 Å².